The number of carbonyl (C=O) groups excluding carboxylic acids is 1. The molecule has 1 aromatic rings. The van der Waals surface area contributed by atoms with Crippen molar-refractivity contribution in [3.8, 4) is 0 Å². The van der Waals surface area contributed by atoms with E-state index in [9.17, 15) is 9.18 Å². The van der Waals surface area contributed by atoms with Crippen LogP contribution in [0, 0.1) is 18.2 Å². The fraction of sp³-hybridized carbons (Fsp3) is 0.462. The van der Waals surface area contributed by atoms with Gasteiger partial charge in [0.2, 0.25) is 5.91 Å². The standard InChI is InChI=1S/C13H16FNO/c1-9-4-5-10(8-11(9)14)15(3)12(16)13(2)6-7-13/h4-5,8H,6-7H2,1-3H3. The molecule has 3 heteroatoms. The van der Waals surface area contributed by atoms with Crippen LogP contribution in [-0.4, -0.2) is 13.0 Å². The second kappa shape index (κ2) is 3.58. The lowest BCUT2D eigenvalue weighted by Gasteiger charge is -2.21. The molecule has 2 rings (SSSR count). The molecule has 0 aliphatic heterocycles. The van der Waals surface area contributed by atoms with E-state index < -0.39 is 0 Å². The maximum absolute atomic E-state index is 13.4. The fourth-order valence-electron chi connectivity index (χ4n) is 1.71. The van der Waals surface area contributed by atoms with Gasteiger partial charge in [-0.2, -0.15) is 0 Å². The van der Waals surface area contributed by atoms with Crippen molar-refractivity contribution in [2.45, 2.75) is 26.7 Å². The first-order valence-electron chi connectivity index (χ1n) is 5.48. The van der Waals surface area contributed by atoms with E-state index in [-0.39, 0.29) is 17.1 Å². The second-order valence-electron chi connectivity index (χ2n) is 4.86. The molecule has 2 nitrogen and oxygen atoms in total. The van der Waals surface area contributed by atoms with Gasteiger partial charge in [-0.05, 0) is 37.5 Å². The van der Waals surface area contributed by atoms with Crippen molar-refractivity contribution in [3.63, 3.8) is 0 Å². The molecule has 0 spiro atoms. The zero-order valence-corrected chi connectivity index (χ0v) is 9.88. The van der Waals surface area contributed by atoms with E-state index >= 15 is 0 Å². The van der Waals surface area contributed by atoms with Crippen molar-refractivity contribution in [3.05, 3.63) is 29.6 Å². The molecule has 1 aliphatic carbocycles. The van der Waals surface area contributed by atoms with E-state index in [1.54, 1.807) is 31.0 Å². The predicted octanol–water partition coefficient (Wildman–Crippen LogP) is 2.90. The number of halogens is 1. The largest absolute Gasteiger partial charge is 0.315 e. The molecule has 0 aromatic heterocycles. The first kappa shape index (κ1) is 11.1. The molecule has 0 radical (unpaired) electrons. The summed E-state index contributed by atoms with van der Waals surface area (Å²) in [5, 5.41) is 0. The first-order valence-corrected chi connectivity index (χ1v) is 5.48. The average molecular weight is 221 g/mol. The summed E-state index contributed by atoms with van der Waals surface area (Å²) >= 11 is 0. The van der Waals surface area contributed by atoms with Crippen LogP contribution >= 0.6 is 0 Å². The molecule has 16 heavy (non-hydrogen) atoms. The molecule has 0 N–H and O–H groups in total. The summed E-state index contributed by atoms with van der Waals surface area (Å²) in [6.07, 6.45) is 1.87. The van der Waals surface area contributed by atoms with Crippen LogP contribution in [0.25, 0.3) is 0 Å². The summed E-state index contributed by atoms with van der Waals surface area (Å²) in [7, 11) is 1.70. The van der Waals surface area contributed by atoms with Gasteiger partial charge in [0.05, 0.1) is 0 Å². The molecular weight excluding hydrogens is 205 g/mol. The Labute approximate surface area is 95.1 Å². The second-order valence-corrected chi connectivity index (χ2v) is 4.86. The van der Waals surface area contributed by atoms with E-state index in [4.69, 9.17) is 0 Å². The van der Waals surface area contributed by atoms with Gasteiger partial charge in [0.1, 0.15) is 5.82 Å². The van der Waals surface area contributed by atoms with Gasteiger partial charge in [-0.1, -0.05) is 13.0 Å². The van der Waals surface area contributed by atoms with Gasteiger partial charge in [0, 0.05) is 18.2 Å². The Hall–Kier alpha value is -1.38. The van der Waals surface area contributed by atoms with Crippen molar-refractivity contribution < 1.29 is 9.18 Å². The van der Waals surface area contributed by atoms with Crippen molar-refractivity contribution in [2.24, 2.45) is 5.41 Å². The highest BCUT2D eigenvalue weighted by Crippen LogP contribution is 2.46. The SMILES string of the molecule is Cc1ccc(N(C)C(=O)C2(C)CC2)cc1F. The first-order chi connectivity index (χ1) is 7.44. The Morgan fingerprint density at radius 1 is 1.44 bits per heavy atom. The van der Waals surface area contributed by atoms with Gasteiger partial charge < -0.3 is 4.90 Å². The van der Waals surface area contributed by atoms with Crippen molar-refractivity contribution in [2.75, 3.05) is 11.9 Å². The van der Waals surface area contributed by atoms with Crippen LogP contribution in [0.2, 0.25) is 0 Å². The Bertz CT molecular complexity index is 438. The number of carbonyl (C=O) groups is 1. The van der Waals surface area contributed by atoms with Crippen LogP contribution in [0.3, 0.4) is 0 Å². The minimum atomic E-state index is -0.266. The summed E-state index contributed by atoms with van der Waals surface area (Å²) in [5.41, 5.74) is 1.01. The summed E-state index contributed by atoms with van der Waals surface area (Å²) < 4.78 is 13.4. The third-order valence-electron chi connectivity index (χ3n) is 3.36. The molecule has 0 heterocycles. The molecule has 1 saturated carbocycles. The van der Waals surface area contributed by atoms with Gasteiger partial charge in [-0.3, -0.25) is 4.79 Å². The van der Waals surface area contributed by atoms with E-state index in [0.717, 1.165) is 12.8 Å². The number of hydrogen-bond acceptors (Lipinski definition) is 1. The molecule has 1 aliphatic rings. The Morgan fingerprint density at radius 3 is 2.56 bits per heavy atom. The highest BCUT2D eigenvalue weighted by Gasteiger charge is 2.46. The third-order valence-corrected chi connectivity index (χ3v) is 3.36. The van der Waals surface area contributed by atoms with E-state index in [1.165, 1.54) is 6.07 Å². The van der Waals surface area contributed by atoms with Crippen molar-refractivity contribution in [1.82, 2.24) is 0 Å². The molecule has 0 atom stereocenters. The van der Waals surface area contributed by atoms with E-state index in [2.05, 4.69) is 0 Å². The van der Waals surface area contributed by atoms with Gasteiger partial charge in [-0.15, -0.1) is 0 Å². The fourth-order valence-corrected chi connectivity index (χ4v) is 1.71. The number of hydrogen-bond donors (Lipinski definition) is 0. The highest BCUT2D eigenvalue weighted by atomic mass is 19.1. The highest BCUT2D eigenvalue weighted by molar-refractivity contribution is 5.98. The monoisotopic (exact) mass is 221 g/mol. The topological polar surface area (TPSA) is 20.3 Å². The molecular formula is C13H16FNO. The van der Waals surface area contributed by atoms with E-state index in [1.807, 2.05) is 6.92 Å². The zero-order chi connectivity index (χ0) is 11.9. The van der Waals surface area contributed by atoms with Crippen LogP contribution in [-0.2, 0) is 4.79 Å². The lowest BCUT2D eigenvalue weighted by molar-refractivity contribution is -0.122. The lowest BCUT2D eigenvalue weighted by Crippen LogP contribution is -2.32. The molecule has 1 amide bonds. The molecule has 1 fully saturated rings. The van der Waals surface area contributed by atoms with Gasteiger partial charge in [0.25, 0.3) is 0 Å². The maximum atomic E-state index is 13.4. The average Bonchev–Trinajstić information content (AvgIpc) is 3.00. The number of nitrogens with zero attached hydrogens (tertiary/aromatic N) is 1. The number of anilines is 1. The Kier molecular flexibility index (Phi) is 2.49. The van der Waals surface area contributed by atoms with Crippen LogP contribution in [0.15, 0.2) is 18.2 Å². The third kappa shape index (κ3) is 1.82. The quantitative estimate of drug-likeness (QED) is 0.752. The van der Waals surface area contributed by atoms with Crippen molar-refractivity contribution >= 4 is 11.6 Å². The van der Waals surface area contributed by atoms with Crippen LogP contribution in [0.5, 0.6) is 0 Å². The molecule has 0 saturated heterocycles. The summed E-state index contributed by atoms with van der Waals surface area (Å²) in [6, 6.07) is 4.89. The Morgan fingerprint density at radius 2 is 2.06 bits per heavy atom. The minimum Gasteiger partial charge on any atom is -0.315 e. The lowest BCUT2D eigenvalue weighted by atomic mass is 10.1. The number of benzene rings is 1. The summed E-state index contributed by atoms with van der Waals surface area (Å²) in [5.74, 6) is -0.186. The van der Waals surface area contributed by atoms with Gasteiger partial charge in [0.15, 0.2) is 0 Å². The minimum absolute atomic E-state index is 0.0794. The number of aryl methyl sites for hydroxylation is 1. The van der Waals surface area contributed by atoms with Gasteiger partial charge >= 0.3 is 0 Å². The zero-order valence-electron chi connectivity index (χ0n) is 9.88. The molecule has 86 valence electrons. The maximum Gasteiger partial charge on any atom is 0.232 e. The molecule has 1 aromatic carbocycles. The smallest absolute Gasteiger partial charge is 0.232 e. The molecule has 0 unspecified atom stereocenters. The predicted molar refractivity (Wildman–Crippen MR) is 61.9 cm³/mol. The van der Waals surface area contributed by atoms with Gasteiger partial charge in [-0.25, -0.2) is 4.39 Å². The normalized spacial score (nSPS) is 17.0. The van der Waals surface area contributed by atoms with Crippen molar-refractivity contribution in [1.29, 1.82) is 0 Å². The summed E-state index contributed by atoms with van der Waals surface area (Å²) in [4.78, 5) is 13.6. The Balaban J connectivity index is 2.23. The number of rotatable bonds is 2. The van der Waals surface area contributed by atoms with Crippen LogP contribution in [0.4, 0.5) is 10.1 Å². The number of amides is 1. The summed E-state index contributed by atoms with van der Waals surface area (Å²) in [6.45, 7) is 3.67. The van der Waals surface area contributed by atoms with Crippen LogP contribution in [0.1, 0.15) is 25.3 Å². The van der Waals surface area contributed by atoms with E-state index in [0.29, 0.717) is 11.3 Å². The van der Waals surface area contributed by atoms with Crippen LogP contribution < -0.4 is 4.90 Å². The molecule has 0 bridgehead atoms.